The number of carbonyl (C=O) groups is 4. The molecule has 1 saturated carbocycles. The molecule has 4 unspecified atom stereocenters. The minimum atomic E-state index is -0.503. The molecule has 1 aliphatic carbocycles. The Morgan fingerprint density at radius 2 is 1.42 bits per heavy atom. The molecule has 1 fully saturated rings. The Kier molecular flexibility index (Phi) is 17.8. The van der Waals surface area contributed by atoms with Crippen molar-refractivity contribution < 1.29 is 47.6 Å². The van der Waals surface area contributed by atoms with Crippen molar-refractivity contribution in [3.8, 4) is 0 Å². The molecule has 4 atom stereocenters. The molecular weight excluding hydrogens is 584 g/mol. The molecular formula is C33H56N2O10. The molecule has 12 heteroatoms. The summed E-state index contributed by atoms with van der Waals surface area (Å²) in [5.41, 5.74) is 0.397. The lowest BCUT2D eigenvalue weighted by atomic mass is 9.62. The summed E-state index contributed by atoms with van der Waals surface area (Å²) in [5.74, 6) is -0.866. The molecule has 258 valence electrons. The van der Waals surface area contributed by atoms with Crippen LogP contribution in [0.5, 0.6) is 0 Å². The zero-order valence-corrected chi connectivity index (χ0v) is 28.4. The number of amides is 2. The van der Waals surface area contributed by atoms with Crippen molar-refractivity contribution in [1.82, 2.24) is 10.6 Å². The van der Waals surface area contributed by atoms with Gasteiger partial charge in [0.1, 0.15) is 6.10 Å². The van der Waals surface area contributed by atoms with E-state index >= 15 is 0 Å². The maximum atomic E-state index is 12.5. The molecule has 0 heterocycles. The number of nitrogens with one attached hydrogen (secondary N) is 2. The van der Waals surface area contributed by atoms with Crippen molar-refractivity contribution >= 4 is 24.1 Å². The van der Waals surface area contributed by atoms with Crippen molar-refractivity contribution in [2.24, 2.45) is 10.8 Å². The first-order valence-corrected chi connectivity index (χ1v) is 15.7. The van der Waals surface area contributed by atoms with Crippen LogP contribution in [-0.4, -0.2) is 88.6 Å². The number of hydrogen-bond acceptors (Lipinski definition) is 10. The van der Waals surface area contributed by atoms with Crippen LogP contribution in [0.1, 0.15) is 87.0 Å². The first-order valence-electron chi connectivity index (χ1n) is 15.7. The van der Waals surface area contributed by atoms with E-state index in [1.807, 2.05) is 6.92 Å². The van der Waals surface area contributed by atoms with Gasteiger partial charge in [0.25, 0.3) is 0 Å². The van der Waals surface area contributed by atoms with Gasteiger partial charge in [0.15, 0.2) is 0 Å². The van der Waals surface area contributed by atoms with Crippen LogP contribution in [0, 0.1) is 10.8 Å². The van der Waals surface area contributed by atoms with Gasteiger partial charge in [-0.3, -0.25) is 0 Å². The van der Waals surface area contributed by atoms with Crippen LogP contribution in [0.4, 0.5) is 9.59 Å². The predicted octanol–water partition coefficient (Wildman–Crippen LogP) is 5.24. The van der Waals surface area contributed by atoms with Gasteiger partial charge in [0.05, 0.1) is 39.1 Å². The third kappa shape index (κ3) is 18.4. The van der Waals surface area contributed by atoms with E-state index in [1.54, 1.807) is 20.8 Å². The van der Waals surface area contributed by atoms with E-state index in [-0.39, 0.29) is 49.4 Å². The minimum absolute atomic E-state index is 0.0492. The minimum Gasteiger partial charge on any atom is -0.462 e. The average Bonchev–Trinajstić information content (AvgIpc) is 2.92. The summed E-state index contributed by atoms with van der Waals surface area (Å²) in [7, 11) is 0. The highest BCUT2D eigenvalue weighted by Gasteiger charge is 2.42. The van der Waals surface area contributed by atoms with Gasteiger partial charge in [-0.1, -0.05) is 33.9 Å². The topological polar surface area (TPSA) is 148 Å². The summed E-state index contributed by atoms with van der Waals surface area (Å²) in [4.78, 5) is 47.8. The third-order valence-electron chi connectivity index (χ3n) is 7.13. The van der Waals surface area contributed by atoms with Crippen molar-refractivity contribution in [2.75, 3.05) is 46.2 Å². The monoisotopic (exact) mass is 640 g/mol. The lowest BCUT2D eigenvalue weighted by Gasteiger charge is -2.46. The number of esters is 2. The second kappa shape index (κ2) is 20.1. The molecule has 0 aliphatic heterocycles. The first-order chi connectivity index (χ1) is 21.0. The van der Waals surface area contributed by atoms with Gasteiger partial charge in [-0.15, -0.1) is 0 Å². The fraction of sp³-hybridized carbons (Fsp3) is 0.758. The van der Waals surface area contributed by atoms with Gasteiger partial charge in [0, 0.05) is 49.6 Å². The summed E-state index contributed by atoms with van der Waals surface area (Å²) in [6, 6.07) is -0.100. The van der Waals surface area contributed by atoms with Crippen molar-refractivity contribution in [1.29, 1.82) is 0 Å². The quantitative estimate of drug-likeness (QED) is 0.0783. The molecule has 0 aromatic carbocycles. The fourth-order valence-corrected chi connectivity index (χ4v) is 5.34. The number of hydrogen-bond donors (Lipinski definition) is 2. The Labute approximate surface area is 268 Å². The molecule has 1 rings (SSSR count). The van der Waals surface area contributed by atoms with Crippen molar-refractivity contribution in [2.45, 2.75) is 105 Å². The highest BCUT2D eigenvalue weighted by atomic mass is 16.6. The van der Waals surface area contributed by atoms with Gasteiger partial charge in [0.2, 0.25) is 0 Å². The van der Waals surface area contributed by atoms with E-state index in [9.17, 15) is 19.2 Å². The van der Waals surface area contributed by atoms with Crippen LogP contribution < -0.4 is 10.6 Å². The van der Waals surface area contributed by atoms with E-state index in [0.717, 1.165) is 12.8 Å². The number of carbonyl (C=O) groups excluding carboxylic acids is 4. The number of ether oxygens (including phenoxy) is 6. The van der Waals surface area contributed by atoms with Crippen LogP contribution in [0.2, 0.25) is 0 Å². The first kappa shape index (κ1) is 39.9. The van der Waals surface area contributed by atoms with Gasteiger partial charge in [-0.25, -0.2) is 19.2 Å². The zero-order valence-electron chi connectivity index (χ0n) is 28.4. The number of alkyl carbamates (subject to hydrolysis) is 2. The lowest BCUT2D eigenvalue weighted by molar-refractivity contribution is -0.146. The largest absolute Gasteiger partial charge is 0.462 e. The maximum Gasteiger partial charge on any atom is 0.407 e. The predicted molar refractivity (Wildman–Crippen MR) is 170 cm³/mol. The Bertz CT molecular complexity index is 998. The molecule has 0 saturated heterocycles. The smallest absolute Gasteiger partial charge is 0.407 e. The zero-order chi connectivity index (χ0) is 34.0. The van der Waals surface area contributed by atoms with Gasteiger partial charge >= 0.3 is 24.1 Å². The normalized spacial score (nSPS) is 20.2. The van der Waals surface area contributed by atoms with Crippen molar-refractivity contribution in [3.05, 3.63) is 24.3 Å². The molecule has 12 nitrogen and oxygen atoms in total. The van der Waals surface area contributed by atoms with E-state index in [2.05, 4.69) is 44.6 Å². The summed E-state index contributed by atoms with van der Waals surface area (Å²) < 4.78 is 32.1. The Morgan fingerprint density at radius 1 is 0.800 bits per heavy atom. The Balaban J connectivity index is 2.29. The summed E-state index contributed by atoms with van der Waals surface area (Å²) in [6.45, 7) is 22.4. The molecule has 0 radical (unpaired) electrons. The molecule has 2 amide bonds. The average molecular weight is 641 g/mol. The Morgan fingerprint density at radius 3 is 2.07 bits per heavy atom. The van der Waals surface area contributed by atoms with Crippen LogP contribution in [-0.2, 0) is 38.0 Å². The summed E-state index contributed by atoms with van der Waals surface area (Å²) in [6.07, 6.45) is 2.49. The molecule has 2 N–H and O–H groups in total. The molecule has 0 bridgehead atoms. The third-order valence-corrected chi connectivity index (χ3v) is 7.13. The van der Waals surface area contributed by atoms with E-state index in [1.165, 1.54) is 0 Å². The number of rotatable bonds is 20. The van der Waals surface area contributed by atoms with E-state index < -0.39 is 30.2 Å². The standard InChI is InChI=1S/C33H56N2O10/c1-23(2)28(36)42-17-12-25(5)41-14-11-16-44-31(39)35-27-18-32(7,8)21-33(9,19-27)22-34-30(38)43-15-10-13-40-20-26(6)45-29(37)24(3)4/h25-27H,1,3,10-22H2,2,4-9H3,(H,34,38)(H,35,39). The maximum absolute atomic E-state index is 12.5. The van der Waals surface area contributed by atoms with Crippen LogP contribution in [0.15, 0.2) is 24.3 Å². The molecule has 0 aromatic heterocycles. The Hall–Kier alpha value is -3.12. The highest BCUT2D eigenvalue weighted by molar-refractivity contribution is 5.87. The lowest BCUT2D eigenvalue weighted by Crippen LogP contribution is -2.50. The van der Waals surface area contributed by atoms with Crippen LogP contribution >= 0.6 is 0 Å². The second-order valence-corrected chi connectivity index (χ2v) is 13.2. The summed E-state index contributed by atoms with van der Waals surface area (Å²) in [5, 5.41) is 5.87. The van der Waals surface area contributed by atoms with Crippen LogP contribution in [0.3, 0.4) is 0 Å². The van der Waals surface area contributed by atoms with E-state index in [4.69, 9.17) is 28.4 Å². The molecule has 1 aliphatic rings. The van der Waals surface area contributed by atoms with Gasteiger partial charge in [-0.05, 0) is 57.8 Å². The fourth-order valence-electron chi connectivity index (χ4n) is 5.34. The molecule has 0 spiro atoms. The highest BCUT2D eigenvalue weighted by Crippen LogP contribution is 2.45. The van der Waals surface area contributed by atoms with Crippen molar-refractivity contribution in [3.63, 3.8) is 0 Å². The van der Waals surface area contributed by atoms with Gasteiger partial charge < -0.3 is 39.1 Å². The molecule has 0 aromatic rings. The molecule has 45 heavy (non-hydrogen) atoms. The summed E-state index contributed by atoms with van der Waals surface area (Å²) >= 11 is 0. The van der Waals surface area contributed by atoms with Gasteiger partial charge in [-0.2, -0.15) is 0 Å². The van der Waals surface area contributed by atoms with E-state index in [0.29, 0.717) is 56.6 Å². The second-order valence-electron chi connectivity index (χ2n) is 13.2. The SMILES string of the molecule is C=C(C)C(=O)OCCC(C)OCCCOC(=O)NC1CC(C)(C)CC(C)(CNC(=O)OCCCOCC(C)OC(=O)C(=C)C)C1. The van der Waals surface area contributed by atoms with Crippen LogP contribution in [0.25, 0.3) is 0 Å².